The number of carbonyl (C=O) groups excluding carboxylic acids is 4. The van der Waals surface area contributed by atoms with Crippen LogP contribution in [0.1, 0.15) is 32.8 Å². The topological polar surface area (TPSA) is 120 Å². The van der Waals surface area contributed by atoms with E-state index in [4.69, 9.17) is 9.47 Å². The molecule has 0 heterocycles. The first-order valence-electron chi connectivity index (χ1n) is 9.62. The van der Waals surface area contributed by atoms with E-state index < -0.39 is 41.9 Å². The van der Waals surface area contributed by atoms with Gasteiger partial charge in [-0.25, -0.2) is 9.59 Å². The summed E-state index contributed by atoms with van der Waals surface area (Å²) in [5, 5.41) is 5.07. The Morgan fingerprint density at radius 1 is 0.900 bits per heavy atom. The summed E-state index contributed by atoms with van der Waals surface area (Å²) in [5.41, 5.74) is 0.806. The molecule has 0 aliphatic rings. The number of benzene rings is 1. The SMILES string of the molecule is COC(=O)[C@H](C[C@H](C)C(=O)OC)NC(=O)[C@H](NC(=O)OCc1ccccc1)C(C)C. The highest BCUT2D eigenvalue weighted by Crippen LogP contribution is 2.11. The molecule has 1 aromatic carbocycles. The fraction of sp³-hybridized carbons (Fsp3) is 0.524. The quantitative estimate of drug-likeness (QED) is 0.436. The largest absolute Gasteiger partial charge is 0.469 e. The lowest BCUT2D eigenvalue weighted by molar-refractivity contribution is -0.149. The third-order valence-electron chi connectivity index (χ3n) is 4.43. The van der Waals surface area contributed by atoms with E-state index in [0.29, 0.717) is 0 Å². The van der Waals surface area contributed by atoms with Crippen molar-refractivity contribution in [1.29, 1.82) is 0 Å². The second kappa shape index (κ2) is 12.5. The van der Waals surface area contributed by atoms with Crippen molar-refractivity contribution < 1.29 is 33.4 Å². The average molecular weight is 422 g/mol. The van der Waals surface area contributed by atoms with Gasteiger partial charge in [0.1, 0.15) is 18.7 Å². The molecule has 3 atom stereocenters. The van der Waals surface area contributed by atoms with Gasteiger partial charge in [-0.2, -0.15) is 0 Å². The Morgan fingerprint density at radius 3 is 2.03 bits per heavy atom. The van der Waals surface area contributed by atoms with E-state index in [1.165, 1.54) is 14.2 Å². The van der Waals surface area contributed by atoms with Crippen LogP contribution in [0.5, 0.6) is 0 Å². The summed E-state index contributed by atoms with van der Waals surface area (Å²) in [6.45, 7) is 5.12. The molecule has 166 valence electrons. The fourth-order valence-corrected chi connectivity index (χ4v) is 2.70. The van der Waals surface area contributed by atoms with Gasteiger partial charge in [-0.15, -0.1) is 0 Å². The summed E-state index contributed by atoms with van der Waals surface area (Å²) in [7, 11) is 2.42. The zero-order valence-corrected chi connectivity index (χ0v) is 18.0. The van der Waals surface area contributed by atoms with Crippen molar-refractivity contribution in [3.05, 3.63) is 35.9 Å². The molecule has 0 aromatic heterocycles. The molecule has 2 amide bonds. The van der Waals surface area contributed by atoms with E-state index in [2.05, 4.69) is 15.4 Å². The Bertz CT molecular complexity index is 721. The highest BCUT2D eigenvalue weighted by molar-refractivity contribution is 5.90. The number of carbonyl (C=O) groups is 4. The molecular formula is C21H30N2O7. The van der Waals surface area contributed by atoms with E-state index in [9.17, 15) is 19.2 Å². The third-order valence-corrected chi connectivity index (χ3v) is 4.43. The summed E-state index contributed by atoms with van der Waals surface area (Å²) in [6.07, 6.45) is -0.765. The molecule has 0 bridgehead atoms. The minimum Gasteiger partial charge on any atom is -0.469 e. The predicted molar refractivity (Wildman–Crippen MR) is 108 cm³/mol. The molecule has 30 heavy (non-hydrogen) atoms. The van der Waals surface area contributed by atoms with Gasteiger partial charge >= 0.3 is 18.0 Å². The first kappa shape index (κ1) is 24.9. The molecule has 0 radical (unpaired) electrons. The number of hydrogen-bond acceptors (Lipinski definition) is 7. The Balaban J connectivity index is 2.75. The molecule has 0 fully saturated rings. The van der Waals surface area contributed by atoms with Crippen LogP contribution < -0.4 is 10.6 Å². The highest BCUT2D eigenvalue weighted by Gasteiger charge is 2.32. The maximum atomic E-state index is 12.7. The molecule has 0 aliphatic heterocycles. The zero-order chi connectivity index (χ0) is 22.7. The molecule has 1 aromatic rings. The third kappa shape index (κ3) is 8.10. The van der Waals surface area contributed by atoms with Crippen LogP contribution in [-0.4, -0.2) is 50.2 Å². The van der Waals surface area contributed by atoms with Crippen LogP contribution >= 0.6 is 0 Å². The molecule has 1 rings (SSSR count). The maximum absolute atomic E-state index is 12.7. The second-order valence-corrected chi connectivity index (χ2v) is 7.17. The van der Waals surface area contributed by atoms with Crippen molar-refractivity contribution in [2.75, 3.05) is 14.2 Å². The number of ether oxygens (including phenoxy) is 3. The van der Waals surface area contributed by atoms with Crippen LogP contribution in [0.3, 0.4) is 0 Å². The van der Waals surface area contributed by atoms with Gasteiger partial charge in [0.2, 0.25) is 5.91 Å². The molecule has 0 unspecified atom stereocenters. The monoisotopic (exact) mass is 422 g/mol. The normalized spacial score (nSPS) is 13.5. The molecular weight excluding hydrogens is 392 g/mol. The predicted octanol–water partition coefficient (Wildman–Crippen LogP) is 1.79. The lowest BCUT2D eigenvalue weighted by Crippen LogP contribution is -2.54. The Labute approximate surface area is 176 Å². The minimum atomic E-state index is -1.07. The van der Waals surface area contributed by atoms with Crippen molar-refractivity contribution in [1.82, 2.24) is 10.6 Å². The van der Waals surface area contributed by atoms with E-state index in [1.807, 2.05) is 30.3 Å². The van der Waals surface area contributed by atoms with Gasteiger partial charge in [-0.3, -0.25) is 9.59 Å². The molecule has 0 saturated heterocycles. The fourth-order valence-electron chi connectivity index (χ4n) is 2.70. The van der Waals surface area contributed by atoms with E-state index in [0.717, 1.165) is 5.56 Å². The van der Waals surface area contributed by atoms with Crippen LogP contribution in [0.4, 0.5) is 4.79 Å². The van der Waals surface area contributed by atoms with E-state index >= 15 is 0 Å². The number of hydrogen-bond donors (Lipinski definition) is 2. The van der Waals surface area contributed by atoms with Gasteiger partial charge in [-0.1, -0.05) is 51.1 Å². The lowest BCUT2D eigenvalue weighted by atomic mass is 9.99. The van der Waals surface area contributed by atoms with Gasteiger partial charge in [0.05, 0.1) is 20.1 Å². The molecule has 9 nitrogen and oxygen atoms in total. The average Bonchev–Trinajstić information content (AvgIpc) is 2.74. The van der Waals surface area contributed by atoms with Crippen molar-refractivity contribution in [2.45, 2.75) is 45.9 Å². The zero-order valence-electron chi connectivity index (χ0n) is 18.0. The smallest absolute Gasteiger partial charge is 0.408 e. The Kier molecular flexibility index (Phi) is 10.4. The van der Waals surface area contributed by atoms with E-state index in [-0.39, 0.29) is 18.9 Å². The summed E-state index contributed by atoms with van der Waals surface area (Å²) in [4.78, 5) is 48.6. The Hall–Kier alpha value is -3.10. The number of methoxy groups -OCH3 is 2. The molecule has 0 saturated carbocycles. The summed E-state index contributed by atoms with van der Waals surface area (Å²) in [6, 6.07) is 7.09. The van der Waals surface area contributed by atoms with E-state index in [1.54, 1.807) is 20.8 Å². The Morgan fingerprint density at radius 2 is 1.50 bits per heavy atom. The summed E-state index contributed by atoms with van der Waals surface area (Å²) >= 11 is 0. The number of amides is 2. The van der Waals surface area contributed by atoms with Crippen LogP contribution in [0, 0.1) is 11.8 Å². The molecule has 0 spiro atoms. The van der Waals surface area contributed by atoms with Crippen molar-refractivity contribution in [2.24, 2.45) is 11.8 Å². The first-order chi connectivity index (χ1) is 14.2. The standard InChI is InChI=1S/C21H30N2O7/c1-13(2)17(23-21(27)30-12-15-9-7-6-8-10-15)18(24)22-16(20(26)29-5)11-14(3)19(25)28-4/h6-10,13-14,16-17H,11-12H2,1-5H3,(H,22,24)(H,23,27)/t14-,16-,17+/m0/s1. The lowest BCUT2D eigenvalue weighted by Gasteiger charge is -2.25. The van der Waals surface area contributed by atoms with Gasteiger partial charge in [0.25, 0.3) is 0 Å². The number of rotatable bonds is 10. The number of nitrogens with one attached hydrogen (secondary N) is 2. The van der Waals surface area contributed by atoms with Crippen LogP contribution in [0.2, 0.25) is 0 Å². The van der Waals surface area contributed by atoms with Crippen LogP contribution in [0.25, 0.3) is 0 Å². The molecule has 2 N–H and O–H groups in total. The molecule has 0 aliphatic carbocycles. The van der Waals surface area contributed by atoms with Gasteiger partial charge < -0.3 is 24.8 Å². The van der Waals surface area contributed by atoms with Crippen molar-refractivity contribution in [3.8, 4) is 0 Å². The van der Waals surface area contributed by atoms with Crippen molar-refractivity contribution >= 4 is 23.9 Å². The number of alkyl carbamates (subject to hydrolysis) is 1. The van der Waals surface area contributed by atoms with Gasteiger partial charge in [0, 0.05) is 0 Å². The van der Waals surface area contributed by atoms with Gasteiger partial charge in [-0.05, 0) is 17.9 Å². The maximum Gasteiger partial charge on any atom is 0.408 e. The van der Waals surface area contributed by atoms with Crippen LogP contribution in [0.15, 0.2) is 30.3 Å². The van der Waals surface area contributed by atoms with Crippen LogP contribution in [-0.2, 0) is 35.2 Å². The minimum absolute atomic E-state index is 0.00560. The molecule has 9 heteroatoms. The number of esters is 2. The highest BCUT2D eigenvalue weighted by atomic mass is 16.5. The summed E-state index contributed by atoms with van der Waals surface area (Å²) in [5.74, 6) is -2.73. The van der Waals surface area contributed by atoms with Gasteiger partial charge in [0.15, 0.2) is 0 Å². The first-order valence-corrected chi connectivity index (χ1v) is 9.62. The van der Waals surface area contributed by atoms with Crippen molar-refractivity contribution in [3.63, 3.8) is 0 Å². The summed E-state index contributed by atoms with van der Waals surface area (Å²) < 4.78 is 14.5. The second-order valence-electron chi connectivity index (χ2n) is 7.17.